The highest BCUT2D eigenvalue weighted by molar-refractivity contribution is 8.00. The van der Waals surface area contributed by atoms with Gasteiger partial charge in [0.05, 0.1) is 6.04 Å². The molecule has 1 aromatic carbocycles. The average Bonchev–Trinajstić information content (AvgIpc) is 3.31. The van der Waals surface area contributed by atoms with Gasteiger partial charge in [-0.3, -0.25) is 10.1 Å². The van der Waals surface area contributed by atoms with Gasteiger partial charge in [0.1, 0.15) is 5.25 Å². The van der Waals surface area contributed by atoms with Crippen LogP contribution >= 0.6 is 11.8 Å². The number of carbonyl (C=O) groups is 2. The van der Waals surface area contributed by atoms with E-state index in [1.807, 2.05) is 30.3 Å². The van der Waals surface area contributed by atoms with Crippen LogP contribution in [0.4, 0.5) is 4.79 Å². The molecule has 2 N–H and O–H groups in total. The maximum Gasteiger partial charge on any atom is 0.321 e. The van der Waals surface area contributed by atoms with E-state index in [1.54, 1.807) is 4.68 Å². The molecule has 1 saturated carbocycles. The molecule has 0 spiro atoms. The van der Waals surface area contributed by atoms with E-state index in [2.05, 4.69) is 26.2 Å². The second-order valence-electron chi connectivity index (χ2n) is 5.11. The molecule has 3 amide bonds. The standard InChI is InChI=1S/C14H16N6O2S/c1-15-13(22)16-12(21)11(9-5-3-2-4-6-9)23-14-17-18-19-20(14)10-7-8-10/h2-6,10-11H,7-8H2,1H3,(H2,15,16,21,22)/t11-/m1/s1. The molecule has 120 valence electrons. The van der Waals surface area contributed by atoms with Gasteiger partial charge in [-0.2, -0.15) is 0 Å². The van der Waals surface area contributed by atoms with E-state index in [1.165, 1.54) is 18.8 Å². The van der Waals surface area contributed by atoms with E-state index >= 15 is 0 Å². The molecule has 1 aliphatic rings. The molecule has 9 heteroatoms. The summed E-state index contributed by atoms with van der Waals surface area (Å²) < 4.78 is 1.74. The highest BCUT2D eigenvalue weighted by Crippen LogP contribution is 2.40. The Morgan fingerprint density at radius 3 is 2.70 bits per heavy atom. The maximum atomic E-state index is 12.5. The number of urea groups is 1. The highest BCUT2D eigenvalue weighted by Gasteiger charge is 2.31. The third kappa shape index (κ3) is 3.67. The van der Waals surface area contributed by atoms with Crippen molar-refractivity contribution in [3.8, 4) is 0 Å². The van der Waals surface area contributed by atoms with E-state index in [-0.39, 0.29) is 0 Å². The molecule has 0 bridgehead atoms. The highest BCUT2D eigenvalue weighted by atomic mass is 32.2. The summed E-state index contributed by atoms with van der Waals surface area (Å²) in [5.41, 5.74) is 0.782. The van der Waals surface area contributed by atoms with Gasteiger partial charge in [0, 0.05) is 7.05 Å². The second-order valence-corrected chi connectivity index (χ2v) is 6.19. The monoisotopic (exact) mass is 332 g/mol. The van der Waals surface area contributed by atoms with Gasteiger partial charge >= 0.3 is 6.03 Å². The lowest BCUT2D eigenvalue weighted by molar-refractivity contribution is -0.119. The number of hydrogen-bond donors (Lipinski definition) is 2. The Balaban J connectivity index is 1.84. The number of tetrazole rings is 1. The molecule has 23 heavy (non-hydrogen) atoms. The Morgan fingerprint density at radius 2 is 2.04 bits per heavy atom. The number of thioether (sulfide) groups is 1. The Bertz CT molecular complexity index is 700. The minimum absolute atomic E-state index is 0.311. The number of hydrogen-bond acceptors (Lipinski definition) is 6. The van der Waals surface area contributed by atoms with Crippen LogP contribution in [-0.2, 0) is 4.79 Å². The SMILES string of the molecule is CNC(=O)NC(=O)[C@H](Sc1nnnn1C1CC1)c1ccccc1. The van der Waals surface area contributed by atoms with Gasteiger partial charge in [0.2, 0.25) is 11.1 Å². The first-order chi connectivity index (χ1) is 11.2. The zero-order chi connectivity index (χ0) is 16.2. The van der Waals surface area contributed by atoms with Crippen LogP contribution in [0.5, 0.6) is 0 Å². The van der Waals surface area contributed by atoms with Crippen LogP contribution in [0.25, 0.3) is 0 Å². The van der Waals surface area contributed by atoms with Crippen molar-refractivity contribution < 1.29 is 9.59 Å². The van der Waals surface area contributed by atoms with Crippen molar-refractivity contribution in [1.29, 1.82) is 0 Å². The van der Waals surface area contributed by atoms with Gasteiger partial charge in [-0.25, -0.2) is 9.48 Å². The predicted octanol–water partition coefficient (Wildman–Crippen LogP) is 1.30. The predicted molar refractivity (Wildman–Crippen MR) is 83.7 cm³/mol. The van der Waals surface area contributed by atoms with Crippen LogP contribution in [0.3, 0.4) is 0 Å². The third-order valence-corrected chi connectivity index (χ3v) is 4.58. The molecule has 2 aromatic rings. The van der Waals surface area contributed by atoms with Gasteiger partial charge in [-0.1, -0.05) is 42.1 Å². The van der Waals surface area contributed by atoms with Crippen molar-refractivity contribution in [1.82, 2.24) is 30.8 Å². The molecule has 1 aliphatic carbocycles. The summed E-state index contributed by atoms with van der Waals surface area (Å²) in [6.07, 6.45) is 2.08. The smallest absolute Gasteiger partial charge is 0.321 e. The molecule has 1 fully saturated rings. The van der Waals surface area contributed by atoms with Crippen LogP contribution < -0.4 is 10.6 Å². The molecule has 8 nitrogen and oxygen atoms in total. The first-order valence-electron chi connectivity index (χ1n) is 7.21. The average molecular weight is 332 g/mol. The molecule has 0 saturated heterocycles. The van der Waals surface area contributed by atoms with Crippen LogP contribution in [0, 0.1) is 0 Å². The van der Waals surface area contributed by atoms with Crippen LogP contribution in [-0.4, -0.2) is 39.2 Å². The molecule has 1 heterocycles. The molecular weight excluding hydrogens is 316 g/mol. The minimum atomic E-state index is -0.614. The fourth-order valence-corrected chi connectivity index (χ4v) is 3.10. The molecule has 1 atom stereocenters. The van der Waals surface area contributed by atoms with Gasteiger partial charge in [0.15, 0.2) is 0 Å². The van der Waals surface area contributed by atoms with Crippen molar-refractivity contribution in [2.75, 3.05) is 7.05 Å². The maximum absolute atomic E-state index is 12.5. The van der Waals surface area contributed by atoms with Crippen LogP contribution in [0.15, 0.2) is 35.5 Å². The Hall–Kier alpha value is -2.42. The Labute approximate surface area is 137 Å². The normalized spacial score (nSPS) is 15.0. The van der Waals surface area contributed by atoms with E-state index in [4.69, 9.17) is 0 Å². The van der Waals surface area contributed by atoms with E-state index in [0.717, 1.165) is 18.4 Å². The number of benzene rings is 1. The quantitative estimate of drug-likeness (QED) is 0.800. The zero-order valence-corrected chi connectivity index (χ0v) is 13.3. The van der Waals surface area contributed by atoms with Crippen molar-refractivity contribution in [3.63, 3.8) is 0 Å². The molecule has 3 rings (SSSR count). The Morgan fingerprint density at radius 1 is 1.30 bits per heavy atom. The lowest BCUT2D eigenvalue weighted by Crippen LogP contribution is -2.39. The largest absolute Gasteiger partial charge is 0.341 e. The lowest BCUT2D eigenvalue weighted by Gasteiger charge is -2.15. The molecule has 0 unspecified atom stereocenters. The van der Waals surface area contributed by atoms with Crippen molar-refractivity contribution in [2.24, 2.45) is 0 Å². The lowest BCUT2D eigenvalue weighted by atomic mass is 10.1. The fourth-order valence-electron chi connectivity index (χ4n) is 2.06. The summed E-state index contributed by atoms with van der Waals surface area (Å²) >= 11 is 1.24. The number of amides is 3. The summed E-state index contributed by atoms with van der Waals surface area (Å²) in [6.45, 7) is 0. The Kier molecular flexibility index (Phi) is 4.56. The summed E-state index contributed by atoms with van der Waals surface area (Å²) in [7, 11) is 1.46. The summed E-state index contributed by atoms with van der Waals surface area (Å²) in [4.78, 5) is 23.9. The fraction of sp³-hybridized carbons (Fsp3) is 0.357. The van der Waals surface area contributed by atoms with Gasteiger partial charge in [-0.05, 0) is 28.8 Å². The minimum Gasteiger partial charge on any atom is -0.341 e. The number of rotatable bonds is 5. The third-order valence-electron chi connectivity index (χ3n) is 3.38. The van der Waals surface area contributed by atoms with E-state index in [0.29, 0.717) is 11.2 Å². The number of aromatic nitrogens is 4. The van der Waals surface area contributed by atoms with Crippen molar-refractivity contribution >= 4 is 23.7 Å². The van der Waals surface area contributed by atoms with Crippen LogP contribution in [0.2, 0.25) is 0 Å². The van der Waals surface area contributed by atoms with Gasteiger partial charge < -0.3 is 5.32 Å². The van der Waals surface area contributed by atoms with E-state index in [9.17, 15) is 9.59 Å². The number of nitrogens with zero attached hydrogens (tertiary/aromatic N) is 4. The zero-order valence-electron chi connectivity index (χ0n) is 12.5. The van der Waals surface area contributed by atoms with Crippen LogP contribution in [0.1, 0.15) is 29.7 Å². The second kappa shape index (κ2) is 6.78. The van der Waals surface area contributed by atoms with Crippen molar-refractivity contribution in [3.05, 3.63) is 35.9 Å². The van der Waals surface area contributed by atoms with E-state index < -0.39 is 17.2 Å². The number of nitrogens with one attached hydrogen (secondary N) is 2. The molecule has 1 aromatic heterocycles. The topological polar surface area (TPSA) is 102 Å². The molecule has 0 radical (unpaired) electrons. The number of imide groups is 1. The first-order valence-corrected chi connectivity index (χ1v) is 8.09. The van der Waals surface area contributed by atoms with Gasteiger partial charge in [-0.15, -0.1) is 5.10 Å². The first kappa shape index (κ1) is 15.5. The summed E-state index contributed by atoms with van der Waals surface area (Å²) in [6, 6.07) is 9.01. The van der Waals surface area contributed by atoms with Crippen molar-refractivity contribution in [2.45, 2.75) is 29.3 Å². The number of carbonyl (C=O) groups excluding carboxylic acids is 2. The molecule has 0 aliphatic heterocycles. The van der Waals surface area contributed by atoms with Gasteiger partial charge in [0.25, 0.3) is 0 Å². The summed E-state index contributed by atoms with van der Waals surface area (Å²) in [5.74, 6) is -0.411. The molecular formula is C14H16N6O2S. The summed E-state index contributed by atoms with van der Waals surface area (Å²) in [5, 5.41) is 16.3.